The number of aromatic nitrogens is 3. The summed E-state index contributed by atoms with van der Waals surface area (Å²) in [6, 6.07) is 9.28. The van der Waals surface area contributed by atoms with Crippen molar-refractivity contribution in [3.63, 3.8) is 0 Å². The lowest BCUT2D eigenvalue weighted by Crippen LogP contribution is -2.38. The molecule has 2 aromatic heterocycles. The fraction of sp³-hybridized carbons (Fsp3) is 0.429. The lowest BCUT2D eigenvalue weighted by atomic mass is 10.1. The lowest BCUT2D eigenvalue weighted by molar-refractivity contribution is 0.0972. The summed E-state index contributed by atoms with van der Waals surface area (Å²) in [5.41, 5.74) is 1.29. The minimum absolute atomic E-state index is 0.0758. The highest BCUT2D eigenvalue weighted by Crippen LogP contribution is 2.29. The van der Waals surface area contributed by atoms with Crippen LogP contribution in [-0.2, 0) is 20.1 Å². The van der Waals surface area contributed by atoms with Gasteiger partial charge in [0.25, 0.3) is 6.43 Å². The van der Waals surface area contributed by atoms with E-state index in [1.54, 1.807) is 24.0 Å². The Labute approximate surface area is 167 Å². The third kappa shape index (κ3) is 4.48. The topological polar surface area (TPSA) is 52.3 Å². The molecule has 0 saturated carbocycles. The molecule has 3 aromatic rings. The van der Waals surface area contributed by atoms with Gasteiger partial charge in [-0.2, -0.15) is 4.98 Å². The van der Waals surface area contributed by atoms with Gasteiger partial charge < -0.3 is 13.9 Å². The molecule has 1 saturated heterocycles. The summed E-state index contributed by atoms with van der Waals surface area (Å²) in [6.07, 6.45) is 2.83. The molecule has 0 N–H and O–H groups in total. The monoisotopic (exact) mass is 402 g/mol. The van der Waals surface area contributed by atoms with E-state index in [2.05, 4.69) is 9.88 Å². The Morgan fingerprint density at radius 3 is 2.69 bits per heavy atom. The van der Waals surface area contributed by atoms with E-state index in [-0.39, 0.29) is 18.3 Å². The molecule has 4 rings (SSSR count). The van der Waals surface area contributed by atoms with Gasteiger partial charge in [-0.1, -0.05) is 6.07 Å². The van der Waals surface area contributed by atoms with Crippen molar-refractivity contribution in [2.24, 2.45) is 7.05 Å². The second kappa shape index (κ2) is 8.32. The zero-order valence-electron chi connectivity index (χ0n) is 16.3. The highest BCUT2D eigenvalue weighted by atomic mass is 19.3. The SMILES string of the molecule is Cn1ccc(CN2CCC(Oc3cccc4c3ccn4CC(F)F)CC2)nc1=O. The van der Waals surface area contributed by atoms with Gasteiger partial charge in [-0.25, -0.2) is 13.6 Å². The number of benzene rings is 1. The van der Waals surface area contributed by atoms with Gasteiger partial charge in [-0.15, -0.1) is 0 Å². The molecule has 0 bridgehead atoms. The first kappa shape index (κ1) is 19.6. The number of aryl methyl sites for hydroxylation is 1. The Hall–Kier alpha value is -2.74. The van der Waals surface area contributed by atoms with E-state index in [1.807, 2.05) is 30.3 Å². The number of likely N-dealkylation sites (tertiary alicyclic amines) is 1. The predicted molar refractivity (Wildman–Crippen MR) is 106 cm³/mol. The van der Waals surface area contributed by atoms with Crippen LogP contribution in [0.15, 0.2) is 47.5 Å². The number of hydrogen-bond donors (Lipinski definition) is 0. The Morgan fingerprint density at radius 2 is 1.97 bits per heavy atom. The van der Waals surface area contributed by atoms with Crippen LogP contribution in [0.2, 0.25) is 0 Å². The normalized spacial score (nSPS) is 16.0. The van der Waals surface area contributed by atoms with Crippen molar-refractivity contribution in [1.82, 2.24) is 19.0 Å². The van der Waals surface area contributed by atoms with Crippen LogP contribution in [0.3, 0.4) is 0 Å². The molecule has 0 radical (unpaired) electrons. The molecule has 0 spiro atoms. The standard InChI is InChI=1S/C21H24F2N4O2/c1-25-9-5-15(24-21(25)28)13-26-10-6-16(7-11-26)29-19-4-2-3-18-17(19)8-12-27(18)14-20(22)23/h2-5,8-9,12,16,20H,6-7,10-11,13-14H2,1H3. The second-order valence-corrected chi connectivity index (χ2v) is 7.45. The van der Waals surface area contributed by atoms with E-state index >= 15 is 0 Å². The van der Waals surface area contributed by atoms with Crippen molar-refractivity contribution >= 4 is 10.9 Å². The molecule has 0 aliphatic carbocycles. The first-order valence-corrected chi connectivity index (χ1v) is 9.77. The Bertz CT molecular complexity index is 1040. The second-order valence-electron chi connectivity index (χ2n) is 7.45. The van der Waals surface area contributed by atoms with Gasteiger partial charge in [0.15, 0.2) is 0 Å². The number of halogens is 2. The molecule has 6 nitrogen and oxygen atoms in total. The molecule has 0 atom stereocenters. The summed E-state index contributed by atoms with van der Waals surface area (Å²) >= 11 is 0. The average Bonchev–Trinajstić information content (AvgIpc) is 3.10. The van der Waals surface area contributed by atoms with Crippen molar-refractivity contribution in [1.29, 1.82) is 0 Å². The van der Waals surface area contributed by atoms with Gasteiger partial charge >= 0.3 is 5.69 Å². The van der Waals surface area contributed by atoms with Gasteiger partial charge in [0.05, 0.1) is 17.8 Å². The van der Waals surface area contributed by atoms with E-state index in [4.69, 9.17) is 4.74 Å². The van der Waals surface area contributed by atoms with E-state index < -0.39 is 6.43 Å². The van der Waals surface area contributed by atoms with Crippen LogP contribution in [0.5, 0.6) is 5.75 Å². The predicted octanol–water partition coefficient (Wildman–Crippen LogP) is 3.04. The van der Waals surface area contributed by atoms with Gasteiger partial charge in [0, 0.05) is 44.5 Å². The third-order valence-corrected chi connectivity index (χ3v) is 5.35. The van der Waals surface area contributed by atoms with Crippen LogP contribution in [0, 0.1) is 0 Å². The fourth-order valence-electron chi connectivity index (χ4n) is 3.79. The van der Waals surface area contributed by atoms with Crippen molar-refractivity contribution in [3.05, 3.63) is 58.9 Å². The summed E-state index contributed by atoms with van der Waals surface area (Å²) in [5, 5.41) is 0.861. The number of nitrogens with zero attached hydrogens (tertiary/aromatic N) is 4. The number of ether oxygens (including phenoxy) is 1. The zero-order chi connectivity index (χ0) is 20.4. The van der Waals surface area contributed by atoms with Crippen molar-refractivity contribution in [3.8, 4) is 5.75 Å². The maximum Gasteiger partial charge on any atom is 0.347 e. The molecular formula is C21H24F2N4O2. The van der Waals surface area contributed by atoms with E-state index in [0.717, 1.165) is 48.3 Å². The van der Waals surface area contributed by atoms with Gasteiger partial charge in [-0.05, 0) is 37.1 Å². The minimum Gasteiger partial charge on any atom is -0.490 e. The molecular weight excluding hydrogens is 378 g/mol. The molecule has 3 heterocycles. The lowest BCUT2D eigenvalue weighted by Gasteiger charge is -2.32. The van der Waals surface area contributed by atoms with Crippen molar-refractivity contribution in [2.45, 2.75) is 38.5 Å². The number of hydrogen-bond acceptors (Lipinski definition) is 4. The van der Waals surface area contributed by atoms with E-state index in [9.17, 15) is 13.6 Å². The maximum absolute atomic E-state index is 12.8. The molecule has 0 amide bonds. The highest BCUT2D eigenvalue weighted by molar-refractivity contribution is 5.86. The molecule has 1 aromatic carbocycles. The third-order valence-electron chi connectivity index (χ3n) is 5.35. The number of piperidine rings is 1. The average molecular weight is 402 g/mol. The van der Waals surface area contributed by atoms with Crippen molar-refractivity contribution in [2.75, 3.05) is 13.1 Å². The molecule has 8 heteroatoms. The Morgan fingerprint density at radius 1 is 1.17 bits per heavy atom. The Kier molecular flexibility index (Phi) is 5.62. The fourth-order valence-corrected chi connectivity index (χ4v) is 3.79. The first-order chi connectivity index (χ1) is 14.0. The van der Waals surface area contributed by atoms with Crippen LogP contribution in [0.1, 0.15) is 18.5 Å². The minimum atomic E-state index is -2.39. The molecule has 154 valence electrons. The van der Waals surface area contributed by atoms with Crippen molar-refractivity contribution < 1.29 is 13.5 Å². The van der Waals surface area contributed by atoms with Crippen LogP contribution in [-0.4, -0.2) is 44.6 Å². The summed E-state index contributed by atoms with van der Waals surface area (Å²) in [7, 11) is 1.68. The van der Waals surface area contributed by atoms with Gasteiger partial charge in [0.1, 0.15) is 11.9 Å². The van der Waals surface area contributed by atoms with Crippen LogP contribution in [0.25, 0.3) is 10.9 Å². The Balaban J connectivity index is 1.38. The van der Waals surface area contributed by atoms with Crippen LogP contribution < -0.4 is 10.4 Å². The maximum atomic E-state index is 12.8. The first-order valence-electron chi connectivity index (χ1n) is 9.77. The molecule has 1 aliphatic rings. The number of rotatable bonds is 6. The number of alkyl halides is 2. The van der Waals surface area contributed by atoms with E-state index in [0.29, 0.717) is 6.54 Å². The highest BCUT2D eigenvalue weighted by Gasteiger charge is 2.22. The summed E-state index contributed by atoms with van der Waals surface area (Å²) < 4.78 is 34.8. The summed E-state index contributed by atoms with van der Waals surface area (Å²) in [4.78, 5) is 18.0. The smallest absolute Gasteiger partial charge is 0.347 e. The number of fused-ring (bicyclic) bond motifs is 1. The quantitative estimate of drug-likeness (QED) is 0.636. The van der Waals surface area contributed by atoms with Gasteiger partial charge in [-0.3, -0.25) is 4.90 Å². The molecule has 1 aliphatic heterocycles. The largest absolute Gasteiger partial charge is 0.490 e. The molecule has 1 fully saturated rings. The van der Waals surface area contributed by atoms with Crippen LogP contribution in [0.4, 0.5) is 8.78 Å². The van der Waals surface area contributed by atoms with Gasteiger partial charge in [0.2, 0.25) is 0 Å². The zero-order valence-corrected chi connectivity index (χ0v) is 16.3. The summed E-state index contributed by atoms with van der Waals surface area (Å²) in [6.45, 7) is 2.03. The van der Waals surface area contributed by atoms with Crippen LogP contribution >= 0.6 is 0 Å². The van der Waals surface area contributed by atoms with E-state index in [1.165, 1.54) is 4.57 Å². The molecule has 0 unspecified atom stereocenters. The summed E-state index contributed by atoms with van der Waals surface area (Å²) in [5.74, 6) is 0.738. The molecule has 29 heavy (non-hydrogen) atoms.